The molecule has 3 rings (SSSR count). The fourth-order valence-corrected chi connectivity index (χ4v) is 3.55. The normalized spacial score (nSPS) is 13.6. The standard InChI is InChI=1S/C20H20Cl2F2N2O2/c1-2-26-10-15(21)18(16(22)11-26)25-19(27)14-7-8-17(28-20(23)24)13(9-14)6-5-12-3-4-12/h7-12,20H,2-6H2,1H3/p+1. The van der Waals surface area contributed by atoms with E-state index in [0.29, 0.717) is 45.7 Å². The van der Waals surface area contributed by atoms with Crippen LogP contribution in [0.25, 0.3) is 0 Å². The van der Waals surface area contributed by atoms with Crippen molar-refractivity contribution in [3.8, 4) is 5.75 Å². The van der Waals surface area contributed by atoms with Crippen LogP contribution in [-0.2, 0) is 13.0 Å². The molecule has 0 radical (unpaired) electrons. The Kier molecular flexibility index (Phi) is 6.73. The molecule has 1 aliphatic carbocycles. The first kappa shape index (κ1) is 20.8. The number of rotatable bonds is 8. The maximum Gasteiger partial charge on any atom is 0.387 e. The van der Waals surface area contributed by atoms with E-state index in [-0.39, 0.29) is 5.75 Å². The average molecular weight is 430 g/mol. The number of anilines is 1. The van der Waals surface area contributed by atoms with Crippen LogP contribution in [0.3, 0.4) is 0 Å². The Labute approximate surface area is 172 Å². The summed E-state index contributed by atoms with van der Waals surface area (Å²) in [5.41, 5.74) is 1.23. The van der Waals surface area contributed by atoms with Gasteiger partial charge in [-0.1, -0.05) is 36.0 Å². The summed E-state index contributed by atoms with van der Waals surface area (Å²) in [7, 11) is 0. The van der Waals surface area contributed by atoms with Gasteiger partial charge in [0, 0.05) is 5.56 Å². The van der Waals surface area contributed by atoms with Crippen LogP contribution in [0.1, 0.15) is 42.1 Å². The monoisotopic (exact) mass is 429 g/mol. The molecule has 0 saturated heterocycles. The maximum atomic E-state index is 12.7. The SMILES string of the molecule is CC[n+]1cc(Cl)c(NC(=O)c2ccc(OC(F)F)c(CCC3CC3)c2)c(Cl)c1. The molecule has 0 bridgehead atoms. The van der Waals surface area contributed by atoms with Crippen molar-refractivity contribution in [2.75, 3.05) is 5.32 Å². The highest BCUT2D eigenvalue weighted by molar-refractivity contribution is 6.39. The number of aryl methyl sites for hydroxylation is 2. The highest BCUT2D eigenvalue weighted by Crippen LogP contribution is 2.35. The highest BCUT2D eigenvalue weighted by Gasteiger charge is 2.23. The molecule has 28 heavy (non-hydrogen) atoms. The van der Waals surface area contributed by atoms with Crippen LogP contribution in [0, 0.1) is 5.92 Å². The molecule has 1 fully saturated rings. The van der Waals surface area contributed by atoms with Crippen LogP contribution in [0.2, 0.25) is 10.0 Å². The van der Waals surface area contributed by atoms with Gasteiger partial charge in [0.15, 0.2) is 12.4 Å². The third-order valence-electron chi connectivity index (χ3n) is 4.70. The van der Waals surface area contributed by atoms with Crippen molar-refractivity contribution in [3.05, 3.63) is 51.8 Å². The molecular formula is C20H21Cl2F2N2O2+. The smallest absolute Gasteiger partial charge is 0.387 e. The average Bonchev–Trinajstić information content (AvgIpc) is 3.47. The van der Waals surface area contributed by atoms with E-state index in [2.05, 4.69) is 10.1 Å². The van der Waals surface area contributed by atoms with Crippen LogP contribution in [0.15, 0.2) is 30.6 Å². The van der Waals surface area contributed by atoms with E-state index in [0.717, 1.165) is 19.3 Å². The van der Waals surface area contributed by atoms with Gasteiger partial charge in [-0.2, -0.15) is 8.78 Å². The molecule has 0 atom stereocenters. The lowest BCUT2D eigenvalue weighted by Gasteiger charge is -2.13. The van der Waals surface area contributed by atoms with Crippen molar-refractivity contribution in [3.63, 3.8) is 0 Å². The molecule has 1 N–H and O–H groups in total. The Bertz CT molecular complexity index is 850. The van der Waals surface area contributed by atoms with Gasteiger partial charge in [-0.25, -0.2) is 4.57 Å². The van der Waals surface area contributed by atoms with Crippen molar-refractivity contribution in [1.82, 2.24) is 0 Å². The number of halogens is 4. The van der Waals surface area contributed by atoms with Crippen molar-refractivity contribution in [2.24, 2.45) is 5.92 Å². The van der Waals surface area contributed by atoms with Gasteiger partial charge in [0.25, 0.3) is 5.91 Å². The van der Waals surface area contributed by atoms with Gasteiger partial charge >= 0.3 is 6.61 Å². The van der Waals surface area contributed by atoms with Gasteiger partial charge in [0.05, 0.1) is 5.69 Å². The molecule has 1 amide bonds. The first-order valence-electron chi connectivity index (χ1n) is 9.14. The minimum absolute atomic E-state index is 0.104. The number of ether oxygens (including phenoxy) is 1. The van der Waals surface area contributed by atoms with Crippen molar-refractivity contribution in [1.29, 1.82) is 0 Å². The molecule has 1 saturated carbocycles. The number of benzene rings is 1. The molecule has 1 aliphatic rings. The van der Waals surface area contributed by atoms with E-state index >= 15 is 0 Å². The summed E-state index contributed by atoms with van der Waals surface area (Å²) in [5.74, 6) is 0.311. The molecule has 0 unspecified atom stereocenters. The summed E-state index contributed by atoms with van der Waals surface area (Å²) < 4.78 is 31.8. The lowest BCUT2D eigenvalue weighted by Crippen LogP contribution is -2.31. The van der Waals surface area contributed by atoms with Gasteiger partial charge in [0.2, 0.25) is 0 Å². The van der Waals surface area contributed by atoms with Gasteiger partial charge in [0.1, 0.15) is 22.3 Å². The van der Waals surface area contributed by atoms with Crippen molar-refractivity contribution in [2.45, 2.75) is 45.8 Å². The molecule has 150 valence electrons. The number of amides is 1. The van der Waals surface area contributed by atoms with Crippen LogP contribution < -0.4 is 14.6 Å². The predicted octanol–water partition coefficient (Wildman–Crippen LogP) is 5.50. The maximum absolute atomic E-state index is 12.7. The Balaban J connectivity index is 1.81. The minimum Gasteiger partial charge on any atom is -0.435 e. The summed E-state index contributed by atoms with van der Waals surface area (Å²) in [6, 6.07) is 4.44. The summed E-state index contributed by atoms with van der Waals surface area (Å²) >= 11 is 12.5. The van der Waals surface area contributed by atoms with Crippen molar-refractivity contribution < 1.29 is 22.9 Å². The Morgan fingerprint density at radius 2 is 1.96 bits per heavy atom. The second kappa shape index (κ2) is 9.05. The summed E-state index contributed by atoms with van der Waals surface area (Å²) in [4.78, 5) is 12.7. The topological polar surface area (TPSA) is 42.2 Å². The summed E-state index contributed by atoms with van der Waals surface area (Å²) in [5, 5.41) is 3.33. The van der Waals surface area contributed by atoms with E-state index in [1.54, 1.807) is 23.0 Å². The van der Waals surface area contributed by atoms with E-state index in [9.17, 15) is 13.6 Å². The zero-order valence-electron chi connectivity index (χ0n) is 15.4. The van der Waals surface area contributed by atoms with Gasteiger partial charge < -0.3 is 10.1 Å². The fraction of sp³-hybridized carbons (Fsp3) is 0.400. The largest absolute Gasteiger partial charge is 0.435 e. The van der Waals surface area contributed by atoms with E-state index in [1.807, 2.05) is 6.92 Å². The Morgan fingerprint density at radius 3 is 2.54 bits per heavy atom. The van der Waals surface area contributed by atoms with Crippen LogP contribution in [0.4, 0.5) is 14.5 Å². The number of alkyl halides is 2. The van der Waals surface area contributed by atoms with Gasteiger partial charge in [-0.05, 0) is 49.4 Å². The third kappa shape index (κ3) is 5.32. The highest BCUT2D eigenvalue weighted by atomic mass is 35.5. The molecule has 8 heteroatoms. The van der Waals surface area contributed by atoms with Gasteiger partial charge in [-0.15, -0.1) is 0 Å². The molecular weight excluding hydrogens is 409 g/mol. The number of hydrogen-bond acceptors (Lipinski definition) is 2. The zero-order valence-corrected chi connectivity index (χ0v) is 16.9. The zero-order chi connectivity index (χ0) is 20.3. The molecule has 0 aliphatic heterocycles. The quantitative estimate of drug-likeness (QED) is 0.563. The summed E-state index contributed by atoms with van der Waals surface area (Å²) in [6.45, 7) is -0.285. The number of pyridine rings is 1. The van der Waals surface area contributed by atoms with Crippen LogP contribution in [-0.4, -0.2) is 12.5 Å². The molecule has 1 aromatic heterocycles. The van der Waals surface area contributed by atoms with E-state index < -0.39 is 12.5 Å². The third-order valence-corrected chi connectivity index (χ3v) is 5.27. The second-order valence-corrected chi connectivity index (χ2v) is 7.61. The summed E-state index contributed by atoms with van der Waals surface area (Å²) in [6.07, 6.45) is 7.13. The van der Waals surface area contributed by atoms with Gasteiger partial charge in [-0.3, -0.25) is 4.79 Å². The number of carbonyl (C=O) groups is 1. The van der Waals surface area contributed by atoms with Crippen LogP contribution >= 0.6 is 23.2 Å². The Morgan fingerprint density at radius 1 is 1.29 bits per heavy atom. The molecule has 2 aromatic rings. The predicted molar refractivity (Wildman–Crippen MR) is 104 cm³/mol. The Hall–Kier alpha value is -1.92. The second-order valence-electron chi connectivity index (χ2n) is 6.80. The number of hydrogen-bond donors (Lipinski definition) is 1. The van der Waals surface area contributed by atoms with E-state index in [4.69, 9.17) is 23.2 Å². The fourth-order valence-electron chi connectivity index (χ4n) is 2.95. The first-order chi connectivity index (χ1) is 13.4. The number of nitrogens with one attached hydrogen (secondary N) is 1. The molecule has 1 heterocycles. The number of aromatic nitrogens is 1. The number of carbonyl (C=O) groups excluding carboxylic acids is 1. The van der Waals surface area contributed by atoms with E-state index in [1.165, 1.54) is 12.1 Å². The molecule has 0 spiro atoms. The number of nitrogens with zero attached hydrogens (tertiary/aromatic N) is 1. The van der Waals surface area contributed by atoms with Crippen molar-refractivity contribution >= 4 is 34.8 Å². The minimum atomic E-state index is -2.91. The van der Waals surface area contributed by atoms with Crippen LogP contribution in [0.5, 0.6) is 5.75 Å². The first-order valence-corrected chi connectivity index (χ1v) is 9.90. The molecule has 4 nitrogen and oxygen atoms in total. The lowest BCUT2D eigenvalue weighted by molar-refractivity contribution is -0.693. The lowest BCUT2D eigenvalue weighted by atomic mass is 10.0. The molecule has 1 aromatic carbocycles.